The van der Waals surface area contributed by atoms with Crippen LogP contribution in [0.2, 0.25) is 0 Å². The maximum atomic E-state index is 13.3. The van der Waals surface area contributed by atoms with Gasteiger partial charge in [0, 0.05) is 0 Å². The quantitative estimate of drug-likeness (QED) is 0.228. The number of ether oxygens (including phenoxy) is 1. The maximum absolute atomic E-state index is 13.3. The van der Waals surface area contributed by atoms with Crippen LogP contribution in [0.5, 0.6) is 5.75 Å². The third-order valence-corrected chi connectivity index (χ3v) is 6.35. The van der Waals surface area contributed by atoms with Gasteiger partial charge in [-0.25, -0.2) is 14.1 Å². The summed E-state index contributed by atoms with van der Waals surface area (Å²) in [6.07, 6.45) is 1.42. The molecular weight excluding hydrogens is 653 g/mol. The summed E-state index contributed by atoms with van der Waals surface area (Å²) in [4.78, 5) is 38.5. The third kappa shape index (κ3) is 5.24. The lowest BCUT2D eigenvalue weighted by Gasteiger charge is -2.26. The van der Waals surface area contributed by atoms with Gasteiger partial charge in [0.2, 0.25) is 0 Å². The fourth-order valence-electron chi connectivity index (χ4n) is 3.18. The first-order valence-electron chi connectivity index (χ1n) is 9.66. The molecular formula is C24H15FI2N2O4. The summed E-state index contributed by atoms with van der Waals surface area (Å²) in [6, 6.07) is 17.3. The Balaban J connectivity index is 1.61. The summed E-state index contributed by atoms with van der Waals surface area (Å²) in [6.45, 7) is 0.406. The highest BCUT2D eigenvalue weighted by Gasteiger charge is 2.36. The molecule has 1 aliphatic rings. The molecule has 1 heterocycles. The van der Waals surface area contributed by atoms with Gasteiger partial charge >= 0.3 is 6.03 Å². The van der Waals surface area contributed by atoms with Crippen LogP contribution in [0.15, 0.2) is 72.3 Å². The molecule has 0 radical (unpaired) electrons. The normalized spacial score (nSPS) is 15.1. The van der Waals surface area contributed by atoms with Crippen LogP contribution in [-0.4, -0.2) is 17.8 Å². The number of urea groups is 1. The van der Waals surface area contributed by atoms with Gasteiger partial charge in [-0.05, 0) is 98.8 Å². The van der Waals surface area contributed by atoms with Crippen LogP contribution in [0.1, 0.15) is 11.1 Å². The maximum Gasteiger partial charge on any atom is 0.335 e. The van der Waals surface area contributed by atoms with E-state index in [9.17, 15) is 18.8 Å². The number of amides is 4. The predicted molar refractivity (Wildman–Crippen MR) is 138 cm³/mol. The summed E-state index contributed by atoms with van der Waals surface area (Å²) < 4.78 is 20.8. The highest BCUT2D eigenvalue weighted by Crippen LogP contribution is 2.31. The Morgan fingerprint density at radius 1 is 0.939 bits per heavy atom. The number of benzene rings is 3. The van der Waals surface area contributed by atoms with Gasteiger partial charge in [0.1, 0.15) is 23.7 Å². The second kappa shape index (κ2) is 10.00. The van der Waals surface area contributed by atoms with Gasteiger partial charge in [-0.1, -0.05) is 30.3 Å². The van der Waals surface area contributed by atoms with Crippen LogP contribution in [0.4, 0.5) is 14.9 Å². The Hall–Kier alpha value is -2.80. The summed E-state index contributed by atoms with van der Waals surface area (Å²) in [5.41, 5.74) is 1.59. The van der Waals surface area contributed by atoms with E-state index in [1.807, 2.05) is 30.3 Å². The highest BCUT2D eigenvalue weighted by atomic mass is 127. The zero-order valence-corrected chi connectivity index (χ0v) is 21.2. The monoisotopic (exact) mass is 668 g/mol. The number of halogens is 3. The highest BCUT2D eigenvalue weighted by molar-refractivity contribution is 14.1. The smallest absolute Gasteiger partial charge is 0.335 e. The molecule has 1 saturated heterocycles. The second-order valence-corrected chi connectivity index (χ2v) is 9.35. The molecule has 3 aromatic rings. The van der Waals surface area contributed by atoms with Gasteiger partial charge in [-0.2, -0.15) is 0 Å². The van der Waals surface area contributed by atoms with Crippen molar-refractivity contribution in [2.45, 2.75) is 6.61 Å². The molecule has 33 heavy (non-hydrogen) atoms. The first-order valence-corrected chi connectivity index (χ1v) is 11.8. The van der Waals surface area contributed by atoms with E-state index < -0.39 is 23.7 Å². The number of rotatable bonds is 5. The standard InChI is InChI=1S/C24H15FI2N2O4/c25-16-6-8-17(9-7-16)29-23(31)18(22(30)28-24(29)32)10-15-11-19(26)21(20(27)12-15)33-13-14-4-2-1-3-5-14/h1-12H,13H2,(H,28,30,32)/b18-10+. The molecule has 9 heteroatoms. The third-order valence-electron chi connectivity index (χ3n) is 4.74. The van der Waals surface area contributed by atoms with E-state index in [4.69, 9.17) is 4.74 Å². The minimum Gasteiger partial charge on any atom is -0.487 e. The SMILES string of the molecule is O=C1NC(=O)N(c2ccc(F)cc2)C(=O)/C1=C/c1cc(I)c(OCc2ccccc2)c(I)c1. The van der Waals surface area contributed by atoms with Crippen LogP contribution >= 0.6 is 45.2 Å². The molecule has 4 amide bonds. The molecule has 1 N–H and O–H groups in total. The average molecular weight is 668 g/mol. The van der Waals surface area contributed by atoms with E-state index in [-0.39, 0.29) is 11.3 Å². The molecule has 0 aromatic heterocycles. The van der Waals surface area contributed by atoms with Gasteiger partial charge in [0.15, 0.2) is 0 Å². The zero-order chi connectivity index (χ0) is 23.5. The van der Waals surface area contributed by atoms with E-state index in [2.05, 4.69) is 50.5 Å². The van der Waals surface area contributed by atoms with Gasteiger partial charge in [0.05, 0.1) is 12.8 Å². The van der Waals surface area contributed by atoms with Gasteiger partial charge < -0.3 is 4.74 Å². The fraction of sp³-hybridized carbons (Fsp3) is 0.0417. The number of carbonyl (C=O) groups excluding carboxylic acids is 3. The van der Waals surface area contributed by atoms with Gasteiger partial charge in [-0.3, -0.25) is 14.9 Å². The molecule has 1 aliphatic heterocycles. The molecule has 0 spiro atoms. The van der Waals surface area contributed by atoms with Crippen LogP contribution < -0.4 is 15.0 Å². The first kappa shape index (κ1) is 23.4. The Morgan fingerprint density at radius 2 is 1.58 bits per heavy atom. The van der Waals surface area contributed by atoms with Gasteiger partial charge in [-0.15, -0.1) is 0 Å². The molecule has 4 rings (SSSR count). The number of hydrogen-bond donors (Lipinski definition) is 1. The minimum absolute atomic E-state index is 0.158. The van der Waals surface area contributed by atoms with Crippen molar-refractivity contribution in [2.75, 3.05) is 4.90 Å². The topological polar surface area (TPSA) is 75.7 Å². The van der Waals surface area contributed by atoms with Crippen molar-refractivity contribution in [3.05, 3.63) is 96.4 Å². The predicted octanol–water partition coefficient (Wildman–Crippen LogP) is 5.28. The molecule has 166 valence electrons. The molecule has 0 bridgehead atoms. The van der Waals surface area contributed by atoms with Crippen molar-refractivity contribution in [1.29, 1.82) is 0 Å². The number of nitrogens with zero attached hydrogens (tertiary/aromatic N) is 1. The number of anilines is 1. The number of carbonyl (C=O) groups is 3. The number of imide groups is 2. The second-order valence-electron chi connectivity index (χ2n) is 7.02. The van der Waals surface area contributed by atoms with E-state index in [0.29, 0.717) is 17.9 Å². The summed E-state index contributed by atoms with van der Waals surface area (Å²) in [7, 11) is 0. The zero-order valence-electron chi connectivity index (χ0n) is 16.8. The Morgan fingerprint density at radius 3 is 2.21 bits per heavy atom. The molecule has 1 fully saturated rings. The van der Waals surface area contributed by atoms with E-state index in [1.165, 1.54) is 18.2 Å². The molecule has 0 unspecified atom stereocenters. The Labute approximate surface area is 216 Å². The molecule has 3 aromatic carbocycles. The first-order chi connectivity index (χ1) is 15.8. The summed E-state index contributed by atoms with van der Waals surface area (Å²) in [5.74, 6) is -1.39. The van der Waals surface area contributed by atoms with Gasteiger partial charge in [0.25, 0.3) is 11.8 Å². The summed E-state index contributed by atoms with van der Waals surface area (Å²) >= 11 is 4.27. The van der Waals surface area contributed by atoms with E-state index in [1.54, 1.807) is 12.1 Å². The molecule has 0 aliphatic carbocycles. The fourth-order valence-corrected chi connectivity index (χ4v) is 5.31. The van der Waals surface area contributed by atoms with E-state index in [0.717, 1.165) is 29.7 Å². The lowest BCUT2D eigenvalue weighted by atomic mass is 10.1. The summed E-state index contributed by atoms with van der Waals surface area (Å²) in [5, 5.41) is 2.16. The minimum atomic E-state index is -0.887. The number of barbiturate groups is 1. The van der Waals surface area contributed by atoms with Crippen LogP contribution in [-0.2, 0) is 16.2 Å². The van der Waals surface area contributed by atoms with Crippen molar-refractivity contribution in [1.82, 2.24) is 5.32 Å². The van der Waals surface area contributed by atoms with Crippen molar-refractivity contribution in [2.24, 2.45) is 0 Å². The van der Waals surface area contributed by atoms with Crippen molar-refractivity contribution >= 4 is 74.8 Å². The van der Waals surface area contributed by atoms with Crippen LogP contribution in [0.25, 0.3) is 6.08 Å². The van der Waals surface area contributed by atoms with Crippen molar-refractivity contribution in [3.63, 3.8) is 0 Å². The largest absolute Gasteiger partial charge is 0.487 e. The van der Waals surface area contributed by atoms with Crippen molar-refractivity contribution < 1.29 is 23.5 Å². The number of hydrogen-bond acceptors (Lipinski definition) is 4. The molecule has 0 atom stereocenters. The lowest BCUT2D eigenvalue weighted by molar-refractivity contribution is -0.122. The lowest BCUT2D eigenvalue weighted by Crippen LogP contribution is -2.54. The molecule has 0 saturated carbocycles. The van der Waals surface area contributed by atoms with Crippen molar-refractivity contribution in [3.8, 4) is 5.75 Å². The Bertz CT molecular complexity index is 1250. The average Bonchev–Trinajstić information content (AvgIpc) is 2.78. The van der Waals surface area contributed by atoms with E-state index >= 15 is 0 Å². The molecule has 6 nitrogen and oxygen atoms in total. The van der Waals surface area contributed by atoms with Crippen LogP contribution in [0.3, 0.4) is 0 Å². The Kier molecular flexibility index (Phi) is 7.08. The number of nitrogens with one attached hydrogen (secondary N) is 1. The van der Waals surface area contributed by atoms with Crippen LogP contribution in [0, 0.1) is 13.0 Å².